The van der Waals surface area contributed by atoms with E-state index in [0.29, 0.717) is 17.1 Å². The minimum Gasteiger partial charge on any atom is -0.482 e. The molecule has 0 aliphatic carbocycles. The summed E-state index contributed by atoms with van der Waals surface area (Å²) >= 11 is 0. The number of aryl methyl sites for hydroxylation is 2. The number of rotatable bonds is 8. The van der Waals surface area contributed by atoms with Gasteiger partial charge in [0.2, 0.25) is 0 Å². The lowest BCUT2D eigenvalue weighted by atomic mass is 10.2. The SMILES string of the molecule is Cc1nn(C)c(C)c1NC(=O)[C@@H](C)OC(=O)COc1ccc(Nc2ccccc2)cc1. The molecule has 8 heteroatoms. The van der Waals surface area contributed by atoms with Crippen LogP contribution in [-0.4, -0.2) is 34.4 Å². The Hall–Kier alpha value is -3.81. The molecule has 0 fully saturated rings. The van der Waals surface area contributed by atoms with E-state index in [0.717, 1.165) is 17.1 Å². The van der Waals surface area contributed by atoms with Crippen LogP contribution in [0.4, 0.5) is 17.1 Å². The Labute approximate surface area is 181 Å². The minimum absolute atomic E-state index is 0.298. The second kappa shape index (κ2) is 9.80. The molecule has 3 aromatic rings. The molecular weight excluding hydrogens is 396 g/mol. The molecule has 0 saturated carbocycles. The van der Waals surface area contributed by atoms with Crippen LogP contribution in [0.5, 0.6) is 5.75 Å². The first-order valence-electron chi connectivity index (χ1n) is 9.89. The molecule has 1 amide bonds. The van der Waals surface area contributed by atoms with Crippen LogP contribution in [0, 0.1) is 13.8 Å². The number of hydrogen-bond donors (Lipinski definition) is 2. The normalized spacial score (nSPS) is 11.5. The molecular formula is C23H26N4O4. The quantitative estimate of drug-likeness (QED) is 0.537. The monoisotopic (exact) mass is 422 g/mol. The Morgan fingerprint density at radius 1 is 1.03 bits per heavy atom. The van der Waals surface area contributed by atoms with Gasteiger partial charge in [0, 0.05) is 18.4 Å². The molecule has 1 aromatic heterocycles. The Morgan fingerprint density at radius 2 is 1.68 bits per heavy atom. The maximum Gasteiger partial charge on any atom is 0.344 e. The molecule has 0 radical (unpaired) electrons. The van der Waals surface area contributed by atoms with Crippen LogP contribution in [0.2, 0.25) is 0 Å². The van der Waals surface area contributed by atoms with Crippen molar-refractivity contribution in [1.82, 2.24) is 9.78 Å². The molecule has 2 aromatic carbocycles. The van der Waals surface area contributed by atoms with E-state index in [1.165, 1.54) is 6.92 Å². The van der Waals surface area contributed by atoms with Crippen molar-refractivity contribution in [3.05, 3.63) is 66.0 Å². The van der Waals surface area contributed by atoms with Crippen molar-refractivity contribution in [2.75, 3.05) is 17.2 Å². The van der Waals surface area contributed by atoms with E-state index in [4.69, 9.17) is 9.47 Å². The molecule has 0 aliphatic rings. The van der Waals surface area contributed by atoms with Gasteiger partial charge in [0.25, 0.3) is 5.91 Å². The number of anilines is 3. The first-order valence-corrected chi connectivity index (χ1v) is 9.89. The molecule has 0 aliphatic heterocycles. The number of carbonyl (C=O) groups excluding carboxylic acids is 2. The van der Waals surface area contributed by atoms with Crippen molar-refractivity contribution in [3.63, 3.8) is 0 Å². The smallest absolute Gasteiger partial charge is 0.344 e. The number of hydrogen-bond acceptors (Lipinski definition) is 6. The van der Waals surface area contributed by atoms with Gasteiger partial charge in [0.05, 0.1) is 17.1 Å². The Bertz CT molecular complexity index is 1050. The minimum atomic E-state index is -0.965. The topological polar surface area (TPSA) is 94.5 Å². The van der Waals surface area contributed by atoms with Crippen molar-refractivity contribution in [3.8, 4) is 5.75 Å². The third-order valence-corrected chi connectivity index (χ3v) is 4.71. The van der Waals surface area contributed by atoms with Gasteiger partial charge in [-0.2, -0.15) is 5.10 Å². The number of benzene rings is 2. The predicted molar refractivity (Wildman–Crippen MR) is 119 cm³/mol. The van der Waals surface area contributed by atoms with Crippen molar-refractivity contribution in [1.29, 1.82) is 0 Å². The van der Waals surface area contributed by atoms with Gasteiger partial charge in [0.15, 0.2) is 12.7 Å². The van der Waals surface area contributed by atoms with Gasteiger partial charge < -0.3 is 20.1 Å². The molecule has 1 heterocycles. The Morgan fingerprint density at radius 3 is 2.29 bits per heavy atom. The largest absolute Gasteiger partial charge is 0.482 e. The summed E-state index contributed by atoms with van der Waals surface area (Å²) in [5, 5.41) is 10.3. The van der Waals surface area contributed by atoms with Crippen molar-refractivity contribution in [2.45, 2.75) is 26.9 Å². The van der Waals surface area contributed by atoms with E-state index in [1.807, 2.05) is 49.4 Å². The van der Waals surface area contributed by atoms with Crippen LogP contribution in [0.1, 0.15) is 18.3 Å². The lowest BCUT2D eigenvalue weighted by Gasteiger charge is -2.14. The fourth-order valence-electron chi connectivity index (χ4n) is 2.93. The van der Waals surface area contributed by atoms with Gasteiger partial charge in [-0.15, -0.1) is 0 Å². The van der Waals surface area contributed by atoms with Crippen LogP contribution in [0.15, 0.2) is 54.6 Å². The summed E-state index contributed by atoms with van der Waals surface area (Å²) in [4.78, 5) is 24.4. The highest BCUT2D eigenvalue weighted by Crippen LogP contribution is 2.20. The summed E-state index contributed by atoms with van der Waals surface area (Å²) in [5.74, 6) is -0.535. The van der Waals surface area contributed by atoms with Crippen molar-refractivity contribution >= 4 is 28.9 Å². The zero-order valence-electron chi connectivity index (χ0n) is 18.0. The predicted octanol–water partition coefficient (Wildman–Crippen LogP) is 3.73. The van der Waals surface area contributed by atoms with Gasteiger partial charge >= 0.3 is 5.97 Å². The average Bonchev–Trinajstić information content (AvgIpc) is 3.00. The summed E-state index contributed by atoms with van der Waals surface area (Å²) < 4.78 is 12.3. The van der Waals surface area contributed by atoms with Crippen LogP contribution >= 0.6 is 0 Å². The number of para-hydroxylation sites is 1. The van der Waals surface area contributed by atoms with E-state index < -0.39 is 18.0 Å². The lowest BCUT2D eigenvalue weighted by Crippen LogP contribution is -2.32. The summed E-state index contributed by atoms with van der Waals surface area (Å²) in [6.07, 6.45) is -0.965. The molecule has 0 spiro atoms. The first kappa shape index (κ1) is 21.9. The number of carbonyl (C=O) groups is 2. The number of nitrogens with zero attached hydrogens (tertiary/aromatic N) is 2. The number of aromatic nitrogens is 2. The molecule has 3 rings (SSSR count). The standard InChI is InChI=1S/C23H26N4O4/c1-15-22(16(2)27(4)26-15)25-23(29)17(3)31-21(28)14-30-20-12-10-19(11-13-20)24-18-8-6-5-7-9-18/h5-13,17,24H,14H2,1-4H3,(H,25,29)/t17-/m1/s1. The zero-order chi connectivity index (χ0) is 22.4. The number of esters is 1. The average molecular weight is 422 g/mol. The van der Waals surface area contributed by atoms with Gasteiger partial charge in [-0.25, -0.2) is 4.79 Å². The van der Waals surface area contributed by atoms with E-state index in [1.54, 1.807) is 30.8 Å². The highest BCUT2D eigenvalue weighted by atomic mass is 16.6. The number of amides is 1. The molecule has 0 saturated heterocycles. The second-order valence-electron chi connectivity index (χ2n) is 7.09. The summed E-state index contributed by atoms with van der Waals surface area (Å²) in [5.41, 5.74) is 4.00. The van der Waals surface area contributed by atoms with Gasteiger partial charge in [-0.3, -0.25) is 9.48 Å². The molecule has 1 atom stereocenters. The summed E-state index contributed by atoms with van der Waals surface area (Å²) in [6, 6.07) is 17.0. The molecule has 31 heavy (non-hydrogen) atoms. The third-order valence-electron chi connectivity index (χ3n) is 4.71. The molecule has 162 valence electrons. The lowest BCUT2D eigenvalue weighted by molar-refractivity contribution is -0.155. The van der Waals surface area contributed by atoms with E-state index in [9.17, 15) is 9.59 Å². The van der Waals surface area contributed by atoms with E-state index in [2.05, 4.69) is 15.7 Å². The van der Waals surface area contributed by atoms with Gasteiger partial charge in [-0.1, -0.05) is 18.2 Å². The first-order chi connectivity index (χ1) is 14.8. The fraction of sp³-hybridized carbons (Fsp3) is 0.261. The highest BCUT2D eigenvalue weighted by molar-refractivity contribution is 5.96. The maximum absolute atomic E-state index is 12.4. The maximum atomic E-state index is 12.4. The molecule has 0 bridgehead atoms. The molecule has 8 nitrogen and oxygen atoms in total. The van der Waals surface area contributed by atoms with Crippen molar-refractivity contribution < 1.29 is 19.1 Å². The van der Waals surface area contributed by atoms with E-state index >= 15 is 0 Å². The van der Waals surface area contributed by atoms with E-state index in [-0.39, 0.29) is 6.61 Å². The molecule has 2 N–H and O–H groups in total. The third kappa shape index (κ3) is 5.85. The number of ether oxygens (including phenoxy) is 2. The van der Waals surface area contributed by atoms with Crippen LogP contribution in [0.3, 0.4) is 0 Å². The van der Waals surface area contributed by atoms with Gasteiger partial charge in [0.1, 0.15) is 5.75 Å². The zero-order valence-corrected chi connectivity index (χ0v) is 18.0. The number of nitrogens with one attached hydrogen (secondary N) is 2. The van der Waals surface area contributed by atoms with Crippen LogP contribution in [0.25, 0.3) is 0 Å². The highest BCUT2D eigenvalue weighted by Gasteiger charge is 2.21. The Balaban J connectivity index is 1.46. The summed E-state index contributed by atoms with van der Waals surface area (Å²) in [7, 11) is 1.79. The van der Waals surface area contributed by atoms with Crippen LogP contribution in [-0.2, 0) is 21.4 Å². The second-order valence-corrected chi connectivity index (χ2v) is 7.09. The van der Waals surface area contributed by atoms with Gasteiger partial charge in [-0.05, 0) is 57.2 Å². The Kier molecular flexibility index (Phi) is 6.92. The van der Waals surface area contributed by atoms with Crippen LogP contribution < -0.4 is 15.4 Å². The fourth-order valence-corrected chi connectivity index (χ4v) is 2.93. The van der Waals surface area contributed by atoms with Crippen molar-refractivity contribution in [2.24, 2.45) is 7.05 Å². The molecule has 0 unspecified atom stereocenters. The summed E-state index contributed by atoms with van der Waals surface area (Å²) in [6.45, 7) is 4.86.